The first kappa shape index (κ1) is 23.4. The van der Waals surface area contributed by atoms with Crippen LogP contribution in [0.2, 0.25) is 0 Å². The van der Waals surface area contributed by atoms with Crippen LogP contribution in [-0.2, 0) is 6.42 Å². The van der Waals surface area contributed by atoms with Crippen molar-refractivity contribution in [1.82, 2.24) is 9.97 Å². The zero-order valence-electron chi connectivity index (χ0n) is 18.7. The maximum atomic E-state index is 5.81. The summed E-state index contributed by atoms with van der Waals surface area (Å²) in [6, 6.07) is 8.14. The van der Waals surface area contributed by atoms with E-state index < -0.39 is 0 Å². The highest BCUT2D eigenvalue weighted by atomic mass is 16.5. The second kappa shape index (κ2) is 15.0. The summed E-state index contributed by atoms with van der Waals surface area (Å²) in [5.74, 6) is 1.72. The molecule has 0 amide bonds. The van der Waals surface area contributed by atoms with Gasteiger partial charge in [0.2, 0.25) is 0 Å². The lowest BCUT2D eigenvalue weighted by Gasteiger charge is -2.07. The molecule has 2 rings (SSSR count). The van der Waals surface area contributed by atoms with Crippen molar-refractivity contribution >= 4 is 0 Å². The van der Waals surface area contributed by atoms with Crippen LogP contribution in [0.15, 0.2) is 36.7 Å². The van der Waals surface area contributed by atoms with Crippen LogP contribution in [0.5, 0.6) is 5.75 Å². The highest BCUT2D eigenvalue weighted by molar-refractivity contribution is 5.55. The Morgan fingerprint density at radius 1 is 0.655 bits per heavy atom. The number of hydrogen-bond donors (Lipinski definition) is 0. The Balaban J connectivity index is 1.67. The first-order valence-electron chi connectivity index (χ1n) is 11.9. The molecule has 29 heavy (non-hydrogen) atoms. The quantitative estimate of drug-likeness (QED) is 0.272. The van der Waals surface area contributed by atoms with Gasteiger partial charge in [0.25, 0.3) is 0 Å². The van der Waals surface area contributed by atoms with E-state index in [0.717, 1.165) is 36.6 Å². The molecule has 0 aliphatic carbocycles. The van der Waals surface area contributed by atoms with Crippen molar-refractivity contribution in [2.24, 2.45) is 0 Å². The summed E-state index contributed by atoms with van der Waals surface area (Å²) in [6.07, 6.45) is 20.8. The van der Waals surface area contributed by atoms with Gasteiger partial charge < -0.3 is 4.74 Å². The third kappa shape index (κ3) is 9.92. The lowest BCUT2D eigenvalue weighted by atomic mass is 10.1. The number of ether oxygens (including phenoxy) is 1. The number of benzene rings is 1. The van der Waals surface area contributed by atoms with Crippen LogP contribution in [0.25, 0.3) is 11.4 Å². The molecule has 0 bridgehead atoms. The topological polar surface area (TPSA) is 35.0 Å². The van der Waals surface area contributed by atoms with Gasteiger partial charge in [0, 0.05) is 18.0 Å². The minimum atomic E-state index is 0.791. The monoisotopic (exact) mass is 396 g/mol. The number of aromatic nitrogens is 2. The van der Waals surface area contributed by atoms with E-state index in [1.807, 2.05) is 24.5 Å². The van der Waals surface area contributed by atoms with E-state index in [-0.39, 0.29) is 0 Å². The fourth-order valence-electron chi connectivity index (χ4n) is 3.52. The van der Waals surface area contributed by atoms with Gasteiger partial charge in [0.05, 0.1) is 6.61 Å². The molecule has 1 aromatic carbocycles. The highest BCUT2D eigenvalue weighted by Gasteiger charge is 2.03. The van der Waals surface area contributed by atoms with Crippen LogP contribution in [0, 0.1) is 0 Å². The summed E-state index contributed by atoms with van der Waals surface area (Å²) in [7, 11) is 0. The standard InChI is InChI=1S/C26H40N2O/c1-3-5-7-9-10-11-12-13-15-23-21-27-26(28-22-23)24-16-18-25(19-17-24)29-20-14-8-6-4-2/h16-19,21-22H,3-15,20H2,1-2H3. The van der Waals surface area contributed by atoms with Crippen molar-refractivity contribution in [1.29, 1.82) is 0 Å². The second-order valence-electron chi connectivity index (χ2n) is 8.07. The van der Waals surface area contributed by atoms with Crippen molar-refractivity contribution in [3.63, 3.8) is 0 Å². The van der Waals surface area contributed by atoms with Crippen LogP contribution >= 0.6 is 0 Å². The molecule has 0 saturated heterocycles. The Bertz CT molecular complexity index is 637. The average Bonchev–Trinajstić information content (AvgIpc) is 2.76. The Kier molecular flexibility index (Phi) is 12.1. The molecule has 2 aromatic rings. The van der Waals surface area contributed by atoms with Gasteiger partial charge in [-0.05, 0) is 49.1 Å². The maximum absolute atomic E-state index is 5.81. The Labute approximate surface area is 178 Å². The van der Waals surface area contributed by atoms with Crippen molar-refractivity contribution < 1.29 is 4.74 Å². The SMILES string of the molecule is CCCCCCCCCCc1cnc(-c2ccc(OCCCCCC)cc2)nc1. The lowest BCUT2D eigenvalue weighted by molar-refractivity contribution is 0.305. The molecule has 0 atom stereocenters. The molecule has 0 radical (unpaired) electrons. The van der Waals surface area contributed by atoms with Gasteiger partial charge >= 0.3 is 0 Å². The molecule has 0 aliphatic heterocycles. The van der Waals surface area contributed by atoms with Crippen LogP contribution < -0.4 is 4.74 Å². The molecule has 3 heteroatoms. The van der Waals surface area contributed by atoms with E-state index in [2.05, 4.69) is 35.9 Å². The maximum Gasteiger partial charge on any atom is 0.159 e. The van der Waals surface area contributed by atoms with Crippen molar-refractivity contribution in [3.05, 3.63) is 42.2 Å². The van der Waals surface area contributed by atoms with Gasteiger partial charge in [-0.1, -0.05) is 78.1 Å². The van der Waals surface area contributed by atoms with E-state index in [1.54, 1.807) is 0 Å². The highest BCUT2D eigenvalue weighted by Crippen LogP contribution is 2.20. The molecule has 1 aromatic heterocycles. The van der Waals surface area contributed by atoms with Crippen LogP contribution in [0.3, 0.4) is 0 Å². The van der Waals surface area contributed by atoms with Crippen molar-refractivity contribution in [2.45, 2.75) is 97.3 Å². The third-order valence-electron chi connectivity index (χ3n) is 5.40. The largest absolute Gasteiger partial charge is 0.494 e. The fraction of sp³-hybridized carbons (Fsp3) is 0.615. The number of nitrogens with zero attached hydrogens (tertiary/aromatic N) is 2. The molecular weight excluding hydrogens is 356 g/mol. The number of aryl methyl sites for hydroxylation is 1. The molecule has 0 N–H and O–H groups in total. The zero-order valence-corrected chi connectivity index (χ0v) is 18.7. The minimum Gasteiger partial charge on any atom is -0.494 e. The van der Waals surface area contributed by atoms with E-state index in [1.165, 1.54) is 76.2 Å². The average molecular weight is 397 g/mol. The van der Waals surface area contributed by atoms with Crippen LogP contribution in [0.1, 0.15) is 96.5 Å². The molecule has 0 spiro atoms. The third-order valence-corrected chi connectivity index (χ3v) is 5.40. The predicted molar refractivity (Wildman–Crippen MR) is 123 cm³/mol. The molecule has 0 fully saturated rings. The normalized spacial score (nSPS) is 11.0. The lowest BCUT2D eigenvalue weighted by Crippen LogP contribution is -1.97. The van der Waals surface area contributed by atoms with Gasteiger partial charge in [0.15, 0.2) is 5.82 Å². The second-order valence-corrected chi connectivity index (χ2v) is 8.07. The number of hydrogen-bond acceptors (Lipinski definition) is 3. The zero-order chi connectivity index (χ0) is 20.6. The summed E-state index contributed by atoms with van der Waals surface area (Å²) >= 11 is 0. The summed E-state index contributed by atoms with van der Waals surface area (Å²) in [5, 5.41) is 0. The van der Waals surface area contributed by atoms with Gasteiger partial charge in [0.1, 0.15) is 5.75 Å². The summed E-state index contributed by atoms with van der Waals surface area (Å²) in [5.41, 5.74) is 2.29. The molecule has 1 heterocycles. The fourth-order valence-corrected chi connectivity index (χ4v) is 3.52. The molecule has 160 valence electrons. The number of unbranched alkanes of at least 4 members (excludes halogenated alkanes) is 10. The predicted octanol–water partition coefficient (Wildman–Crippen LogP) is 7.79. The number of rotatable bonds is 16. The Hall–Kier alpha value is -1.90. The molecule has 3 nitrogen and oxygen atoms in total. The van der Waals surface area contributed by atoms with Gasteiger partial charge in [-0.3, -0.25) is 0 Å². The Morgan fingerprint density at radius 3 is 1.83 bits per heavy atom. The summed E-state index contributed by atoms with van der Waals surface area (Å²) in [4.78, 5) is 9.14. The van der Waals surface area contributed by atoms with Gasteiger partial charge in [-0.15, -0.1) is 0 Å². The van der Waals surface area contributed by atoms with Crippen molar-refractivity contribution in [2.75, 3.05) is 6.61 Å². The first-order chi connectivity index (χ1) is 14.3. The molecular formula is C26H40N2O. The van der Waals surface area contributed by atoms with E-state index in [0.29, 0.717) is 0 Å². The minimum absolute atomic E-state index is 0.791. The summed E-state index contributed by atoms with van der Waals surface area (Å²) in [6.45, 7) is 5.29. The van der Waals surface area contributed by atoms with E-state index in [9.17, 15) is 0 Å². The first-order valence-corrected chi connectivity index (χ1v) is 11.9. The van der Waals surface area contributed by atoms with Crippen LogP contribution in [-0.4, -0.2) is 16.6 Å². The molecule has 0 unspecified atom stereocenters. The summed E-state index contributed by atoms with van der Waals surface area (Å²) < 4.78 is 5.81. The molecule has 0 saturated carbocycles. The van der Waals surface area contributed by atoms with Gasteiger partial charge in [-0.25, -0.2) is 9.97 Å². The van der Waals surface area contributed by atoms with E-state index in [4.69, 9.17) is 4.74 Å². The van der Waals surface area contributed by atoms with E-state index >= 15 is 0 Å². The Morgan fingerprint density at radius 2 is 1.21 bits per heavy atom. The molecule has 0 aliphatic rings. The van der Waals surface area contributed by atoms with Gasteiger partial charge in [-0.2, -0.15) is 0 Å². The van der Waals surface area contributed by atoms with Crippen molar-refractivity contribution in [3.8, 4) is 17.1 Å². The smallest absolute Gasteiger partial charge is 0.159 e. The van der Waals surface area contributed by atoms with Crippen LogP contribution in [0.4, 0.5) is 0 Å².